The molecule has 0 saturated heterocycles. The molecule has 41 heavy (non-hydrogen) atoms. The van der Waals surface area contributed by atoms with Gasteiger partial charge in [0.05, 0.1) is 28.9 Å². The first-order valence-corrected chi connectivity index (χ1v) is 14.8. The van der Waals surface area contributed by atoms with E-state index in [1.807, 2.05) is 0 Å². The largest absolute Gasteiger partial charge is 0.480 e. The molecule has 2 aromatic carbocycles. The number of rotatable bonds is 8. The van der Waals surface area contributed by atoms with Crippen LogP contribution in [0.25, 0.3) is 22.0 Å². The molecule has 2 aromatic heterocycles. The Labute approximate surface area is 242 Å². The predicted octanol–water partition coefficient (Wildman–Crippen LogP) is 5.72. The predicted molar refractivity (Wildman–Crippen MR) is 155 cm³/mol. The standard InChI is InChI=1S/C28H29ClF2N6O3S/c1-37(2)19-7-5-18(6-8-19)34-28-33-15-17-14-16(4-10-22(17)35-28)24-21(30)9-11-23(25(24)31)36-41(38,39)26-20(29)12-13-32-27(26)40-3/h4,9-15,18-19,36H,5-8H2,1-3H3,(H,33,34,35). The summed E-state index contributed by atoms with van der Waals surface area (Å²) in [4.78, 5) is 14.6. The number of anilines is 2. The number of halogens is 3. The van der Waals surface area contributed by atoms with Crippen LogP contribution in [0.1, 0.15) is 25.7 Å². The van der Waals surface area contributed by atoms with Crippen LogP contribution in [0, 0.1) is 11.6 Å². The molecule has 2 heterocycles. The summed E-state index contributed by atoms with van der Waals surface area (Å²) in [6, 6.07) is 8.83. The maximum absolute atomic E-state index is 15.7. The smallest absolute Gasteiger partial charge is 0.268 e. The quantitative estimate of drug-likeness (QED) is 0.264. The molecule has 13 heteroatoms. The van der Waals surface area contributed by atoms with Crippen LogP contribution in [0.3, 0.4) is 0 Å². The van der Waals surface area contributed by atoms with Gasteiger partial charge in [0.1, 0.15) is 5.82 Å². The van der Waals surface area contributed by atoms with Crippen molar-refractivity contribution in [2.45, 2.75) is 42.7 Å². The number of benzene rings is 2. The van der Waals surface area contributed by atoms with Crippen molar-refractivity contribution >= 4 is 44.2 Å². The Bertz CT molecular complexity index is 1700. The highest BCUT2D eigenvalue weighted by Gasteiger charge is 2.27. The highest BCUT2D eigenvalue weighted by molar-refractivity contribution is 7.93. The van der Waals surface area contributed by atoms with Gasteiger partial charge in [-0.3, -0.25) is 4.72 Å². The average molecular weight is 603 g/mol. The minimum Gasteiger partial charge on any atom is -0.480 e. The van der Waals surface area contributed by atoms with Gasteiger partial charge in [0.15, 0.2) is 10.7 Å². The van der Waals surface area contributed by atoms with Crippen molar-refractivity contribution in [1.82, 2.24) is 19.9 Å². The number of hydrogen-bond donors (Lipinski definition) is 2. The summed E-state index contributed by atoms with van der Waals surface area (Å²) in [5.41, 5.74) is -0.0828. The Balaban J connectivity index is 1.40. The molecule has 0 atom stereocenters. The molecular weight excluding hydrogens is 574 g/mol. The summed E-state index contributed by atoms with van der Waals surface area (Å²) in [6.45, 7) is 0. The van der Waals surface area contributed by atoms with Crippen molar-refractivity contribution in [3.63, 3.8) is 0 Å². The molecule has 0 bridgehead atoms. The number of sulfonamides is 1. The van der Waals surface area contributed by atoms with Gasteiger partial charge in [0.25, 0.3) is 10.0 Å². The Morgan fingerprint density at radius 1 is 1.05 bits per heavy atom. The van der Waals surface area contributed by atoms with Crippen LogP contribution in [0.4, 0.5) is 20.4 Å². The highest BCUT2D eigenvalue weighted by Crippen LogP contribution is 2.35. The van der Waals surface area contributed by atoms with Crippen molar-refractivity contribution in [1.29, 1.82) is 0 Å². The third-order valence-electron chi connectivity index (χ3n) is 7.25. The van der Waals surface area contributed by atoms with Crippen LogP contribution in [0.15, 0.2) is 53.7 Å². The molecule has 1 aliphatic carbocycles. The van der Waals surface area contributed by atoms with Gasteiger partial charge in [0.2, 0.25) is 11.8 Å². The minimum atomic E-state index is -4.44. The van der Waals surface area contributed by atoms with Gasteiger partial charge in [0, 0.05) is 29.9 Å². The molecular formula is C28H29ClF2N6O3S. The fraction of sp³-hybridized carbons (Fsp3) is 0.321. The Hall–Kier alpha value is -3.61. The van der Waals surface area contributed by atoms with E-state index in [4.69, 9.17) is 16.3 Å². The van der Waals surface area contributed by atoms with Crippen LogP contribution >= 0.6 is 11.6 Å². The van der Waals surface area contributed by atoms with Crippen molar-refractivity contribution in [3.8, 4) is 17.0 Å². The number of aromatic nitrogens is 3. The summed E-state index contributed by atoms with van der Waals surface area (Å²) in [7, 11) is 0.985. The SMILES string of the molecule is COc1nccc(Cl)c1S(=O)(=O)Nc1ccc(F)c(-c2ccc3nc(NC4CCC(N(C)C)CC4)ncc3c2)c1F. The Kier molecular flexibility index (Phi) is 8.25. The van der Waals surface area contributed by atoms with E-state index in [2.05, 4.69) is 44.0 Å². The molecule has 0 spiro atoms. The zero-order valence-electron chi connectivity index (χ0n) is 22.7. The van der Waals surface area contributed by atoms with E-state index in [1.54, 1.807) is 18.3 Å². The first-order valence-electron chi connectivity index (χ1n) is 13.0. The van der Waals surface area contributed by atoms with Gasteiger partial charge in [-0.1, -0.05) is 17.7 Å². The monoisotopic (exact) mass is 602 g/mol. The summed E-state index contributed by atoms with van der Waals surface area (Å²) in [5.74, 6) is -1.73. The number of nitrogens with one attached hydrogen (secondary N) is 2. The van der Waals surface area contributed by atoms with E-state index in [9.17, 15) is 12.8 Å². The van der Waals surface area contributed by atoms with Crippen LogP contribution in [-0.2, 0) is 10.0 Å². The average Bonchev–Trinajstić information content (AvgIpc) is 2.94. The lowest BCUT2D eigenvalue weighted by atomic mass is 9.91. The summed E-state index contributed by atoms with van der Waals surface area (Å²) in [6.07, 6.45) is 7.09. The van der Waals surface area contributed by atoms with E-state index in [0.717, 1.165) is 37.8 Å². The lowest BCUT2D eigenvalue weighted by Crippen LogP contribution is -2.36. The van der Waals surface area contributed by atoms with Gasteiger partial charge in [-0.25, -0.2) is 32.2 Å². The molecule has 2 N–H and O–H groups in total. The molecule has 9 nitrogen and oxygen atoms in total. The fourth-order valence-corrected chi connectivity index (χ4v) is 6.75. The number of fused-ring (bicyclic) bond motifs is 1. The number of methoxy groups -OCH3 is 1. The third kappa shape index (κ3) is 6.04. The molecule has 216 valence electrons. The summed E-state index contributed by atoms with van der Waals surface area (Å²) in [5, 5.41) is 3.80. The van der Waals surface area contributed by atoms with E-state index >= 15 is 4.39 Å². The lowest BCUT2D eigenvalue weighted by Gasteiger charge is -2.32. The van der Waals surface area contributed by atoms with Crippen molar-refractivity contribution in [2.75, 3.05) is 31.2 Å². The molecule has 0 unspecified atom stereocenters. The van der Waals surface area contributed by atoms with Crippen LogP contribution in [-0.4, -0.2) is 61.6 Å². The minimum absolute atomic E-state index is 0.170. The van der Waals surface area contributed by atoms with E-state index in [-0.39, 0.29) is 22.5 Å². The zero-order chi connectivity index (χ0) is 29.3. The molecule has 0 amide bonds. The lowest BCUT2D eigenvalue weighted by molar-refractivity contribution is 0.221. The molecule has 5 rings (SSSR count). The second kappa shape index (κ2) is 11.7. The Morgan fingerprint density at radius 2 is 1.80 bits per heavy atom. The number of pyridine rings is 1. The van der Waals surface area contributed by atoms with Gasteiger partial charge in [-0.15, -0.1) is 0 Å². The maximum Gasteiger partial charge on any atom is 0.268 e. The normalized spacial score (nSPS) is 17.5. The van der Waals surface area contributed by atoms with Crippen LogP contribution < -0.4 is 14.8 Å². The molecule has 0 radical (unpaired) electrons. The van der Waals surface area contributed by atoms with Gasteiger partial charge < -0.3 is 15.0 Å². The highest BCUT2D eigenvalue weighted by atomic mass is 35.5. The first kappa shape index (κ1) is 28.9. The van der Waals surface area contributed by atoms with E-state index in [1.165, 1.54) is 25.4 Å². The van der Waals surface area contributed by atoms with Gasteiger partial charge in [-0.2, -0.15) is 0 Å². The van der Waals surface area contributed by atoms with Gasteiger partial charge >= 0.3 is 0 Å². The second-order valence-electron chi connectivity index (χ2n) is 10.1. The maximum atomic E-state index is 15.7. The van der Waals surface area contributed by atoms with Crippen molar-refractivity contribution in [3.05, 3.63) is 65.4 Å². The number of hydrogen-bond acceptors (Lipinski definition) is 8. The topological polar surface area (TPSA) is 109 Å². The first-order chi connectivity index (χ1) is 19.6. The van der Waals surface area contributed by atoms with Crippen LogP contribution in [0.2, 0.25) is 5.02 Å². The molecule has 1 fully saturated rings. The fourth-order valence-electron chi connectivity index (χ4n) is 5.06. The molecule has 0 aliphatic heterocycles. The summed E-state index contributed by atoms with van der Waals surface area (Å²) < 4.78 is 63.9. The Morgan fingerprint density at radius 3 is 2.51 bits per heavy atom. The zero-order valence-corrected chi connectivity index (χ0v) is 24.2. The third-order valence-corrected chi connectivity index (χ3v) is 9.10. The van der Waals surface area contributed by atoms with Gasteiger partial charge in [-0.05, 0) is 75.7 Å². The summed E-state index contributed by atoms with van der Waals surface area (Å²) >= 11 is 6.08. The molecule has 1 aliphatic rings. The van der Waals surface area contributed by atoms with E-state index in [0.29, 0.717) is 22.9 Å². The van der Waals surface area contributed by atoms with Crippen molar-refractivity contribution in [2.24, 2.45) is 0 Å². The van der Waals surface area contributed by atoms with Crippen molar-refractivity contribution < 1.29 is 21.9 Å². The molecule has 1 saturated carbocycles. The van der Waals surface area contributed by atoms with Crippen LogP contribution in [0.5, 0.6) is 5.88 Å². The number of nitrogens with zero attached hydrogens (tertiary/aromatic N) is 4. The second-order valence-corrected chi connectivity index (χ2v) is 12.1. The molecule has 4 aromatic rings. The number of ether oxygens (including phenoxy) is 1. The van der Waals surface area contributed by atoms with E-state index < -0.39 is 37.8 Å².